The van der Waals surface area contributed by atoms with Crippen molar-refractivity contribution in [2.45, 2.75) is 13.8 Å². The Labute approximate surface area is 143 Å². The summed E-state index contributed by atoms with van der Waals surface area (Å²) in [5, 5.41) is 2.60. The summed E-state index contributed by atoms with van der Waals surface area (Å²) < 4.78 is 0. The number of rotatable bonds is 2. The van der Waals surface area contributed by atoms with Gasteiger partial charge in [-0.2, -0.15) is 0 Å². The highest BCUT2D eigenvalue weighted by molar-refractivity contribution is 6.00. The summed E-state index contributed by atoms with van der Waals surface area (Å²) in [6.07, 6.45) is 0. The Morgan fingerprint density at radius 2 is 1.08 bits per heavy atom. The molecule has 4 aromatic carbocycles. The molecule has 0 spiro atoms. The molecule has 0 N–H and O–H groups in total. The van der Waals surface area contributed by atoms with Crippen molar-refractivity contribution in [3.8, 4) is 22.3 Å². The van der Waals surface area contributed by atoms with E-state index in [1.807, 2.05) is 0 Å². The van der Waals surface area contributed by atoms with E-state index in [2.05, 4.69) is 98.8 Å². The van der Waals surface area contributed by atoms with Crippen molar-refractivity contribution in [3.05, 3.63) is 96.1 Å². The van der Waals surface area contributed by atoms with Crippen LogP contribution in [0.25, 0.3) is 33.0 Å². The fourth-order valence-electron chi connectivity index (χ4n) is 3.46. The first kappa shape index (κ1) is 14.7. The molecular weight excluding hydrogens is 288 g/mol. The van der Waals surface area contributed by atoms with Crippen molar-refractivity contribution in [3.63, 3.8) is 0 Å². The highest BCUT2D eigenvalue weighted by atomic mass is 14.1. The lowest BCUT2D eigenvalue weighted by atomic mass is 9.90. The lowest BCUT2D eigenvalue weighted by Gasteiger charge is -2.14. The Kier molecular flexibility index (Phi) is 3.66. The van der Waals surface area contributed by atoms with Crippen molar-refractivity contribution in [1.82, 2.24) is 0 Å². The summed E-state index contributed by atoms with van der Waals surface area (Å²) in [4.78, 5) is 0. The van der Waals surface area contributed by atoms with Crippen LogP contribution >= 0.6 is 0 Å². The van der Waals surface area contributed by atoms with E-state index in [9.17, 15) is 0 Å². The minimum Gasteiger partial charge on any atom is -0.0620 e. The Balaban J connectivity index is 2.06. The summed E-state index contributed by atoms with van der Waals surface area (Å²) in [6.45, 7) is 4.36. The van der Waals surface area contributed by atoms with E-state index >= 15 is 0 Å². The highest BCUT2D eigenvalue weighted by Crippen LogP contribution is 2.36. The Bertz CT molecular complexity index is 1020. The van der Waals surface area contributed by atoms with Gasteiger partial charge in [-0.25, -0.2) is 0 Å². The summed E-state index contributed by atoms with van der Waals surface area (Å²) >= 11 is 0. The number of fused-ring (bicyclic) bond motifs is 1. The van der Waals surface area contributed by atoms with Gasteiger partial charge in [0.2, 0.25) is 0 Å². The topological polar surface area (TPSA) is 0 Å². The van der Waals surface area contributed by atoms with Gasteiger partial charge in [-0.1, -0.05) is 72.8 Å². The lowest BCUT2D eigenvalue weighted by Crippen LogP contribution is -1.89. The highest BCUT2D eigenvalue weighted by Gasteiger charge is 2.10. The molecule has 0 aliphatic heterocycles. The molecule has 0 bridgehead atoms. The Hall–Kier alpha value is -2.86. The van der Waals surface area contributed by atoms with Gasteiger partial charge in [0.25, 0.3) is 0 Å². The van der Waals surface area contributed by atoms with Crippen LogP contribution in [0.2, 0.25) is 0 Å². The normalized spacial score (nSPS) is 10.9. The van der Waals surface area contributed by atoms with E-state index < -0.39 is 0 Å². The third-order valence-electron chi connectivity index (χ3n) is 4.75. The van der Waals surface area contributed by atoms with E-state index in [-0.39, 0.29) is 0 Å². The van der Waals surface area contributed by atoms with Gasteiger partial charge in [-0.05, 0) is 70.1 Å². The maximum absolute atomic E-state index is 2.34. The maximum atomic E-state index is 2.34. The minimum atomic E-state index is 1.28. The molecule has 24 heavy (non-hydrogen) atoms. The molecule has 0 aliphatic rings. The van der Waals surface area contributed by atoms with Crippen LogP contribution in [-0.4, -0.2) is 0 Å². The monoisotopic (exact) mass is 308 g/mol. The van der Waals surface area contributed by atoms with Gasteiger partial charge < -0.3 is 0 Å². The molecule has 0 heterocycles. The zero-order valence-electron chi connectivity index (χ0n) is 14.1. The van der Waals surface area contributed by atoms with Crippen LogP contribution in [0.4, 0.5) is 0 Å². The largest absolute Gasteiger partial charge is 0.0620 e. The van der Waals surface area contributed by atoms with E-state index in [0.717, 1.165) is 0 Å². The maximum Gasteiger partial charge on any atom is -0.00966 e. The summed E-state index contributed by atoms with van der Waals surface area (Å²) in [6, 6.07) is 30.5. The number of aryl methyl sites for hydroxylation is 2. The molecule has 0 saturated carbocycles. The standard InChI is InChI=1S/C24H20/c1-17-9-3-6-12-21(17)20-15-19-11-5-8-14-23(19)24(16-20)22-13-7-4-10-18(22)2/h3-16H,1-2H3. The lowest BCUT2D eigenvalue weighted by molar-refractivity contribution is 1.45. The molecule has 4 aromatic rings. The quantitative estimate of drug-likeness (QED) is 0.382. The Morgan fingerprint density at radius 1 is 0.500 bits per heavy atom. The van der Waals surface area contributed by atoms with E-state index in [4.69, 9.17) is 0 Å². The van der Waals surface area contributed by atoms with E-state index in [1.54, 1.807) is 0 Å². The second kappa shape index (κ2) is 5.98. The van der Waals surface area contributed by atoms with Gasteiger partial charge in [0.15, 0.2) is 0 Å². The van der Waals surface area contributed by atoms with Gasteiger partial charge in [-0.15, -0.1) is 0 Å². The average molecular weight is 308 g/mol. The summed E-state index contributed by atoms with van der Waals surface area (Å²) in [7, 11) is 0. The van der Waals surface area contributed by atoms with E-state index in [1.165, 1.54) is 44.2 Å². The zero-order valence-corrected chi connectivity index (χ0v) is 14.1. The molecule has 0 radical (unpaired) electrons. The van der Waals surface area contributed by atoms with Crippen molar-refractivity contribution < 1.29 is 0 Å². The zero-order chi connectivity index (χ0) is 16.5. The molecule has 4 rings (SSSR count). The molecule has 0 atom stereocenters. The van der Waals surface area contributed by atoms with Crippen LogP contribution in [0.5, 0.6) is 0 Å². The van der Waals surface area contributed by atoms with Gasteiger partial charge in [0.1, 0.15) is 0 Å². The van der Waals surface area contributed by atoms with Gasteiger partial charge in [-0.3, -0.25) is 0 Å². The van der Waals surface area contributed by atoms with Crippen molar-refractivity contribution in [2.24, 2.45) is 0 Å². The molecule has 0 fully saturated rings. The van der Waals surface area contributed by atoms with Crippen LogP contribution in [-0.2, 0) is 0 Å². The molecule has 0 amide bonds. The smallest absolute Gasteiger partial charge is 0.00966 e. The predicted octanol–water partition coefficient (Wildman–Crippen LogP) is 6.79. The van der Waals surface area contributed by atoms with Gasteiger partial charge in [0.05, 0.1) is 0 Å². The Morgan fingerprint density at radius 3 is 1.79 bits per heavy atom. The van der Waals surface area contributed by atoms with Crippen LogP contribution in [0.15, 0.2) is 84.9 Å². The third kappa shape index (κ3) is 2.51. The van der Waals surface area contributed by atoms with Crippen LogP contribution in [0.3, 0.4) is 0 Å². The molecule has 116 valence electrons. The first-order valence-corrected chi connectivity index (χ1v) is 8.39. The summed E-state index contributed by atoms with van der Waals surface area (Å²) in [5.74, 6) is 0. The molecular formula is C24H20. The third-order valence-corrected chi connectivity index (χ3v) is 4.75. The first-order valence-electron chi connectivity index (χ1n) is 8.39. The van der Waals surface area contributed by atoms with Crippen molar-refractivity contribution in [2.75, 3.05) is 0 Å². The number of hydrogen-bond donors (Lipinski definition) is 0. The molecule has 0 heteroatoms. The van der Waals surface area contributed by atoms with E-state index in [0.29, 0.717) is 0 Å². The minimum absolute atomic E-state index is 1.28. The first-order chi connectivity index (χ1) is 11.7. The summed E-state index contributed by atoms with van der Waals surface area (Å²) in [5.41, 5.74) is 7.82. The van der Waals surface area contributed by atoms with Crippen LogP contribution in [0, 0.1) is 13.8 Å². The van der Waals surface area contributed by atoms with Gasteiger partial charge >= 0.3 is 0 Å². The fourth-order valence-corrected chi connectivity index (χ4v) is 3.46. The van der Waals surface area contributed by atoms with Crippen molar-refractivity contribution in [1.29, 1.82) is 0 Å². The molecule has 0 nitrogen and oxygen atoms in total. The molecule has 0 aromatic heterocycles. The molecule has 0 aliphatic carbocycles. The van der Waals surface area contributed by atoms with Gasteiger partial charge in [0, 0.05) is 0 Å². The molecule has 0 unspecified atom stereocenters. The number of hydrogen-bond acceptors (Lipinski definition) is 0. The fraction of sp³-hybridized carbons (Fsp3) is 0.0833. The second-order valence-corrected chi connectivity index (χ2v) is 6.37. The van der Waals surface area contributed by atoms with Crippen molar-refractivity contribution >= 4 is 10.8 Å². The second-order valence-electron chi connectivity index (χ2n) is 6.37. The molecule has 0 saturated heterocycles. The van der Waals surface area contributed by atoms with Crippen LogP contribution in [0.1, 0.15) is 11.1 Å². The van der Waals surface area contributed by atoms with Crippen LogP contribution < -0.4 is 0 Å². The average Bonchev–Trinajstić information content (AvgIpc) is 2.62. The number of benzene rings is 4. The predicted molar refractivity (Wildman–Crippen MR) is 104 cm³/mol. The SMILES string of the molecule is Cc1ccccc1-c1cc(-c2ccccc2C)c2ccccc2c1.